The largest absolute Gasteiger partial charge is 0.368 e. The molecule has 0 radical (unpaired) electrons. The van der Waals surface area contributed by atoms with Gasteiger partial charge in [-0.3, -0.25) is 4.98 Å². The topological polar surface area (TPSA) is 40.4 Å². The lowest BCUT2D eigenvalue weighted by atomic mass is 10.2. The number of anilines is 2. The number of likely N-dealkylation sites (tertiary alicyclic amines) is 1. The standard InChI is InChI=1S/C23H30N6/c1-19-18-24-8-6-21(19)27-14-16-28(17-15-27)22-5-4-20-7-11-29(23(20)25-22)13-12-26-9-2-3-10-26/h4-8,11,18H,2-3,9-10,12-17H2,1H3. The lowest BCUT2D eigenvalue weighted by Gasteiger charge is -2.37. The lowest BCUT2D eigenvalue weighted by molar-refractivity contribution is 0.324. The predicted octanol–water partition coefficient (Wildman–Crippen LogP) is 3.16. The number of fused-ring (bicyclic) bond motifs is 1. The van der Waals surface area contributed by atoms with Crippen LogP contribution in [0.4, 0.5) is 11.5 Å². The minimum absolute atomic E-state index is 0.995. The van der Waals surface area contributed by atoms with Gasteiger partial charge in [-0.2, -0.15) is 0 Å². The zero-order chi connectivity index (χ0) is 19.6. The van der Waals surface area contributed by atoms with Crippen LogP contribution < -0.4 is 9.80 Å². The van der Waals surface area contributed by atoms with Crippen LogP contribution in [0, 0.1) is 6.92 Å². The van der Waals surface area contributed by atoms with Crippen LogP contribution in [0.3, 0.4) is 0 Å². The molecular weight excluding hydrogens is 360 g/mol. The highest BCUT2D eigenvalue weighted by Crippen LogP contribution is 2.24. The molecule has 152 valence electrons. The van der Waals surface area contributed by atoms with Gasteiger partial charge >= 0.3 is 0 Å². The van der Waals surface area contributed by atoms with E-state index < -0.39 is 0 Å². The molecule has 0 spiro atoms. The molecule has 0 N–H and O–H groups in total. The predicted molar refractivity (Wildman–Crippen MR) is 119 cm³/mol. The highest BCUT2D eigenvalue weighted by molar-refractivity contribution is 5.78. The fourth-order valence-electron chi connectivity index (χ4n) is 4.66. The first kappa shape index (κ1) is 18.4. The quantitative estimate of drug-likeness (QED) is 0.669. The van der Waals surface area contributed by atoms with Gasteiger partial charge in [-0.1, -0.05) is 0 Å². The van der Waals surface area contributed by atoms with Crippen LogP contribution in [0.15, 0.2) is 42.9 Å². The first-order chi connectivity index (χ1) is 14.3. The zero-order valence-electron chi connectivity index (χ0n) is 17.3. The summed E-state index contributed by atoms with van der Waals surface area (Å²) in [6.07, 6.45) is 8.73. The Bertz CT molecular complexity index is 966. The van der Waals surface area contributed by atoms with Gasteiger partial charge in [-0.25, -0.2) is 4.98 Å². The Balaban J connectivity index is 1.28. The maximum Gasteiger partial charge on any atom is 0.142 e. The van der Waals surface area contributed by atoms with E-state index in [4.69, 9.17) is 4.98 Å². The van der Waals surface area contributed by atoms with Crippen molar-refractivity contribution in [1.29, 1.82) is 0 Å². The Kier molecular flexibility index (Phi) is 5.10. The molecule has 5 heterocycles. The van der Waals surface area contributed by atoms with Crippen molar-refractivity contribution in [2.75, 3.05) is 55.6 Å². The molecule has 2 fully saturated rings. The zero-order valence-corrected chi connectivity index (χ0v) is 17.3. The second-order valence-corrected chi connectivity index (χ2v) is 8.28. The summed E-state index contributed by atoms with van der Waals surface area (Å²) >= 11 is 0. The summed E-state index contributed by atoms with van der Waals surface area (Å²) in [6.45, 7) is 10.8. The summed E-state index contributed by atoms with van der Waals surface area (Å²) in [7, 11) is 0. The molecule has 3 aromatic rings. The van der Waals surface area contributed by atoms with Gasteiger partial charge in [0.1, 0.15) is 11.5 Å². The Morgan fingerprint density at radius 2 is 1.66 bits per heavy atom. The minimum atomic E-state index is 0.995. The van der Waals surface area contributed by atoms with Gasteiger partial charge in [-0.05, 0) is 62.7 Å². The third-order valence-corrected chi connectivity index (χ3v) is 6.39. The summed E-state index contributed by atoms with van der Waals surface area (Å²) in [5, 5.41) is 1.24. The molecule has 6 nitrogen and oxygen atoms in total. The van der Waals surface area contributed by atoms with E-state index >= 15 is 0 Å². The first-order valence-electron chi connectivity index (χ1n) is 10.9. The van der Waals surface area contributed by atoms with Crippen molar-refractivity contribution in [3.8, 4) is 0 Å². The molecule has 2 aliphatic rings. The third kappa shape index (κ3) is 3.81. The monoisotopic (exact) mass is 390 g/mol. The van der Waals surface area contributed by atoms with E-state index in [1.807, 2.05) is 12.4 Å². The van der Waals surface area contributed by atoms with Crippen LogP contribution in [-0.2, 0) is 6.54 Å². The highest BCUT2D eigenvalue weighted by Gasteiger charge is 2.20. The van der Waals surface area contributed by atoms with E-state index in [2.05, 4.69) is 61.6 Å². The molecule has 0 aromatic carbocycles. The second kappa shape index (κ2) is 8.03. The van der Waals surface area contributed by atoms with Gasteiger partial charge in [-0.15, -0.1) is 0 Å². The molecule has 0 bridgehead atoms. The average molecular weight is 391 g/mol. The summed E-state index contributed by atoms with van der Waals surface area (Å²) in [5.74, 6) is 1.10. The summed E-state index contributed by atoms with van der Waals surface area (Å²) in [4.78, 5) is 16.7. The van der Waals surface area contributed by atoms with Crippen molar-refractivity contribution in [3.63, 3.8) is 0 Å². The molecule has 0 saturated carbocycles. The number of aromatic nitrogens is 3. The Morgan fingerprint density at radius 1 is 0.862 bits per heavy atom. The lowest BCUT2D eigenvalue weighted by Crippen LogP contribution is -2.47. The Labute approximate surface area is 172 Å². The molecule has 0 aliphatic carbocycles. The molecule has 0 atom stereocenters. The number of rotatable bonds is 5. The molecule has 29 heavy (non-hydrogen) atoms. The van der Waals surface area contributed by atoms with Crippen LogP contribution in [0.5, 0.6) is 0 Å². The molecule has 6 heteroatoms. The minimum Gasteiger partial charge on any atom is -0.368 e. The van der Waals surface area contributed by atoms with E-state index in [1.54, 1.807) is 0 Å². The maximum absolute atomic E-state index is 5.06. The molecule has 2 saturated heterocycles. The van der Waals surface area contributed by atoms with Crippen LogP contribution >= 0.6 is 0 Å². The first-order valence-corrected chi connectivity index (χ1v) is 10.9. The van der Waals surface area contributed by atoms with Gasteiger partial charge < -0.3 is 19.3 Å². The van der Waals surface area contributed by atoms with Crippen molar-refractivity contribution in [2.24, 2.45) is 0 Å². The number of piperazine rings is 1. The fraction of sp³-hybridized carbons (Fsp3) is 0.478. The van der Waals surface area contributed by atoms with E-state index in [0.29, 0.717) is 0 Å². The van der Waals surface area contributed by atoms with Crippen molar-refractivity contribution < 1.29 is 0 Å². The van der Waals surface area contributed by atoms with E-state index in [9.17, 15) is 0 Å². The van der Waals surface area contributed by atoms with Crippen molar-refractivity contribution in [1.82, 2.24) is 19.4 Å². The molecule has 3 aromatic heterocycles. The summed E-state index contributed by atoms with van der Waals surface area (Å²) < 4.78 is 2.33. The van der Waals surface area contributed by atoms with Gasteiger partial charge in [0.05, 0.1) is 0 Å². The van der Waals surface area contributed by atoms with Gasteiger partial charge in [0, 0.05) is 68.9 Å². The normalized spacial score (nSPS) is 18.1. The van der Waals surface area contributed by atoms with Crippen molar-refractivity contribution in [2.45, 2.75) is 26.3 Å². The second-order valence-electron chi connectivity index (χ2n) is 8.28. The van der Waals surface area contributed by atoms with Gasteiger partial charge in [0.2, 0.25) is 0 Å². The molecule has 2 aliphatic heterocycles. The number of hydrogen-bond acceptors (Lipinski definition) is 5. The number of nitrogens with zero attached hydrogens (tertiary/aromatic N) is 6. The van der Waals surface area contributed by atoms with Gasteiger partial charge in [0.15, 0.2) is 0 Å². The smallest absolute Gasteiger partial charge is 0.142 e. The van der Waals surface area contributed by atoms with Crippen LogP contribution in [0.1, 0.15) is 18.4 Å². The Hall–Kier alpha value is -2.60. The van der Waals surface area contributed by atoms with E-state index in [1.165, 1.54) is 42.6 Å². The number of hydrogen-bond donors (Lipinski definition) is 0. The fourth-order valence-corrected chi connectivity index (χ4v) is 4.66. The third-order valence-electron chi connectivity index (χ3n) is 6.39. The van der Waals surface area contributed by atoms with E-state index in [-0.39, 0.29) is 0 Å². The molecule has 5 rings (SSSR count). The number of aryl methyl sites for hydroxylation is 1. The summed E-state index contributed by atoms with van der Waals surface area (Å²) in [6, 6.07) is 8.73. The molecule has 0 unspecified atom stereocenters. The van der Waals surface area contributed by atoms with Crippen LogP contribution in [-0.4, -0.2) is 65.2 Å². The van der Waals surface area contributed by atoms with E-state index in [0.717, 1.165) is 50.7 Å². The summed E-state index contributed by atoms with van der Waals surface area (Å²) in [5.41, 5.74) is 3.67. The van der Waals surface area contributed by atoms with Gasteiger partial charge in [0.25, 0.3) is 0 Å². The molecule has 0 amide bonds. The average Bonchev–Trinajstić information content (AvgIpc) is 3.42. The SMILES string of the molecule is Cc1cnccc1N1CCN(c2ccc3ccn(CCN4CCCC4)c3n2)CC1. The van der Waals surface area contributed by atoms with Crippen LogP contribution in [0.25, 0.3) is 11.0 Å². The number of pyridine rings is 2. The van der Waals surface area contributed by atoms with Crippen molar-refractivity contribution >= 4 is 22.5 Å². The Morgan fingerprint density at radius 3 is 2.45 bits per heavy atom. The maximum atomic E-state index is 5.06. The molecular formula is C23H30N6. The van der Waals surface area contributed by atoms with Crippen molar-refractivity contribution in [3.05, 3.63) is 48.4 Å². The highest BCUT2D eigenvalue weighted by atomic mass is 15.3. The van der Waals surface area contributed by atoms with Crippen LogP contribution in [0.2, 0.25) is 0 Å².